The van der Waals surface area contributed by atoms with Crippen molar-refractivity contribution in [3.8, 4) is 0 Å². The number of rotatable bonds is 3. The lowest BCUT2D eigenvalue weighted by Gasteiger charge is -2.35. The van der Waals surface area contributed by atoms with Crippen LogP contribution < -0.4 is 5.32 Å². The maximum absolute atomic E-state index is 12.3. The molecule has 2 heterocycles. The highest BCUT2D eigenvalue weighted by Gasteiger charge is 2.24. The lowest BCUT2D eigenvalue weighted by molar-refractivity contribution is -0.134. The van der Waals surface area contributed by atoms with Gasteiger partial charge < -0.3 is 10.2 Å². The Morgan fingerprint density at radius 2 is 2.06 bits per heavy atom. The lowest BCUT2D eigenvalue weighted by Crippen LogP contribution is -2.48. The standard InChI is InChI=1S/C14H27N3O/c1-12-4-3-9-17(10-12)14(18)11-16(2)13-5-7-15-8-6-13/h12-13,15H,3-11H2,1-2H3. The maximum Gasteiger partial charge on any atom is 0.236 e. The van der Waals surface area contributed by atoms with E-state index in [2.05, 4.69) is 29.1 Å². The molecule has 1 atom stereocenters. The summed E-state index contributed by atoms with van der Waals surface area (Å²) >= 11 is 0. The summed E-state index contributed by atoms with van der Waals surface area (Å²) in [5.41, 5.74) is 0. The van der Waals surface area contributed by atoms with Crippen LogP contribution >= 0.6 is 0 Å². The van der Waals surface area contributed by atoms with Crippen molar-refractivity contribution < 1.29 is 4.79 Å². The van der Waals surface area contributed by atoms with Crippen molar-refractivity contribution in [3.05, 3.63) is 0 Å². The van der Waals surface area contributed by atoms with Gasteiger partial charge >= 0.3 is 0 Å². The SMILES string of the molecule is CC1CCCN(C(=O)CN(C)C2CCNCC2)C1. The van der Waals surface area contributed by atoms with E-state index in [9.17, 15) is 4.79 Å². The van der Waals surface area contributed by atoms with Gasteiger partial charge in [-0.05, 0) is 51.7 Å². The first-order chi connectivity index (χ1) is 8.66. The van der Waals surface area contributed by atoms with Gasteiger partial charge in [0.1, 0.15) is 0 Å². The summed E-state index contributed by atoms with van der Waals surface area (Å²) < 4.78 is 0. The third-order valence-electron chi connectivity index (χ3n) is 4.33. The minimum Gasteiger partial charge on any atom is -0.341 e. The highest BCUT2D eigenvalue weighted by molar-refractivity contribution is 5.78. The monoisotopic (exact) mass is 253 g/mol. The number of amides is 1. The Kier molecular flexibility index (Phi) is 5.01. The van der Waals surface area contributed by atoms with E-state index in [1.54, 1.807) is 0 Å². The molecule has 0 radical (unpaired) electrons. The molecule has 2 aliphatic heterocycles. The topological polar surface area (TPSA) is 35.6 Å². The van der Waals surface area contributed by atoms with Gasteiger partial charge in [-0.1, -0.05) is 6.92 Å². The average molecular weight is 253 g/mol. The molecule has 1 N–H and O–H groups in total. The fraction of sp³-hybridized carbons (Fsp3) is 0.929. The average Bonchev–Trinajstić information content (AvgIpc) is 2.39. The number of nitrogens with one attached hydrogen (secondary N) is 1. The van der Waals surface area contributed by atoms with E-state index in [-0.39, 0.29) is 0 Å². The Morgan fingerprint density at radius 3 is 2.72 bits per heavy atom. The highest BCUT2D eigenvalue weighted by Crippen LogP contribution is 2.16. The predicted molar refractivity (Wildman–Crippen MR) is 73.5 cm³/mol. The van der Waals surface area contributed by atoms with Crippen LogP contribution in [0, 0.1) is 5.92 Å². The summed E-state index contributed by atoms with van der Waals surface area (Å²) in [6.45, 7) is 6.93. The minimum atomic E-state index is 0.322. The van der Waals surface area contributed by atoms with Gasteiger partial charge in [0.2, 0.25) is 5.91 Å². The number of carbonyl (C=O) groups excluding carboxylic acids is 1. The summed E-state index contributed by atoms with van der Waals surface area (Å²) in [7, 11) is 2.10. The Morgan fingerprint density at radius 1 is 1.33 bits per heavy atom. The summed E-state index contributed by atoms with van der Waals surface area (Å²) in [6, 6.07) is 0.581. The van der Waals surface area contributed by atoms with Crippen molar-refractivity contribution in [1.29, 1.82) is 0 Å². The van der Waals surface area contributed by atoms with Crippen LogP contribution in [0.15, 0.2) is 0 Å². The first-order valence-electron chi connectivity index (χ1n) is 7.35. The predicted octanol–water partition coefficient (Wildman–Crippen LogP) is 0.929. The van der Waals surface area contributed by atoms with Gasteiger partial charge in [-0.15, -0.1) is 0 Å². The van der Waals surface area contributed by atoms with E-state index in [0.29, 0.717) is 24.4 Å². The van der Waals surface area contributed by atoms with Crippen molar-refractivity contribution in [2.24, 2.45) is 5.92 Å². The summed E-state index contributed by atoms with van der Waals surface area (Å²) in [4.78, 5) is 16.6. The van der Waals surface area contributed by atoms with Crippen LogP contribution in [0.25, 0.3) is 0 Å². The molecule has 1 unspecified atom stereocenters. The van der Waals surface area contributed by atoms with E-state index in [0.717, 1.165) is 26.2 Å². The smallest absolute Gasteiger partial charge is 0.236 e. The first-order valence-corrected chi connectivity index (χ1v) is 7.35. The molecule has 2 aliphatic rings. The largest absolute Gasteiger partial charge is 0.341 e. The molecule has 0 bridgehead atoms. The zero-order valence-electron chi connectivity index (χ0n) is 11.8. The molecule has 2 saturated heterocycles. The van der Waals surface area contributed by atoms with E-state index in [1.807, 2.05) is 0 Å². The number of nitrogens with zero attached hydrogens (tertiary/aromatic N) is 2. The molecule has 0 aromatic carbocycles. The van der Waals surface area contributed by atoms with E-state index >= 15 is 0 Å². The highest BCUT2D eigenvalue weighted by atomic mass is 16.2. The van der Waals surface area contributed by atoms with Crippen LogP contribution in [0.2, 0.25) is 0 Å². The minimum absolute atomic E-state index is 0.322. The number of likely N-dealkylation sites (N-methyl/N-ethyl adjacent to an activating group) is 1. The molecule has 0 spiro atoms. The van der Waals surface area contributed by atoms with E-state index in [1.165, 1.54) is 25.7 Å². The van der Waals surface area contributed by atoms with Gasteiger partial charge in [-0.25, -0.2) is 0 Å². The maximum atomic E-state index is 12.3. The van der Waals surface area contributed by atoms with Crippen molar-refractivity contribution >= 4 is 5.91 Å². The molecule has 0 aromatic rings. The quantitative estimate of drug-likeness (QED) is 0.813. The number of likely N-dealkylation sites (tertiary alicyclic amines) is 1. The van der Waals surface area contributed by atoms with Gasteiger partial charge in [0, 0.05) is 19.1 Å². The molecule has 18 heavy (non-hydrogen) atoms. The zero-order valence-corrected chi connectivity index (χ0v) is 11.8. The molecule has 0 aliphatic carbocycles. The number of piperidine rings is 2. The van der Waals surface area contributed by atoms with Crippen LogP contribution in [0.3, 0.4) is 0 Å². The fourth-order valence-corrected chi connectivity index (χ4v) is 3.11. The van der Waals surface area contributed by atoms with E-state index in [4.69, 9.17) is 0 Å². The summed E-state index contributed by atoms with van der Waals surface area (Å²) in [5, 5.41) is 3.37. The molecule has 1 amide bonds. The number of hydrogen-bond acceptors (Lipinski definition) is 3. The van der Waals surface area contributed by atoms with E-state index < -0.39 is 0 Å². The van der Waals surface area contributed by atoms with Gasteiger partial charge in [-0.3, -0.25) is 9.69 Å². The Hall–Kier alpha value is -0.610. The summed E-state index contributed by atoms with van der Waals surface area (Å²) in [5.74, 6) is 0.995. The second-order valence-electron chi connectivity index (χ2n) is 5.98. The molecule has 0 saturated carbocycles. The normalized spacial score (nSPS) is 26.6. The van der Waals surface area contributed by atoms with Gasteiger partial charge in [-0.2, -0.15) is 0 Å². The van der Waals surface area contributed by atoms with Crippen molar-refractivity contribution in [2.75, 3.05) is 39.8 Å². The van der Waals surface area contributed by atoms with Crippen molar-refractivity contribution in [3.63, 3.8) is 0 Å². The van der Waals surface area contributed by atoms with Crippen LogP contribution in [0.1, 0.15) is 32.6 Å². The molecule has 0 aromatic heterocycles. The fourth-order valence-electron chi connectivity index (χ4n) is 3.11. The second-order valence-corrected chi connectivity index (χ2v) is 5.98. The van der Waals surface area contributed by atoms with Gasteiger partial charge in [0.15, 0.2) is 0 Å². The van der Waals surface area contributed by atoms with Crippen LogP contribution in [0.5, 0.6) is 0 Å². The number of hydrogen-bond donors (Lipinski definition) is 1. The van der Waals surface area contributed by atoms with Crippen LogP contribution in [-0.2, 0) is 4.79 Å². The third kappa shape index (κ3) is 3.69. The van der Waals surface area contributed by atoms with Crippen molar-refractivity contribution in [1.82, 2.24) is 15.1 Å². The Labute approximate surface area is 111 Å². The molecule has 2 fully saturated rings. The lowest BCUT2D eigenvalue weighted by atomic mass is 10.00. The van der Waals surface area contributed by atoms with Gasteiger partial charge in [0.25, 0.3) is 0 Å². The molecule has 4 nitrogen and oxygen atoms in total. The van der Waals surface area contributed by atoms with Crippen LogP contribution in [0.4, 0.5) is 0 Å². The molecule has 104 valence electrons. The van der Waals surface area contributed by atoms with Gasteiger partial charge in [0.05, 0.1) is 6.54 Å². The van der Waals surface area contributed by atoms with Crippen LogP contribution in [-0.4, -0.2) is 61.5 Å². The first kappa shape index (κ1) is 13.8. The molecular formula is C14H27N3O. The number of carbonyl (C=O) groups is 1. The molecule has 2 rings (SSSR count). The molecule has 4 heteroatoms. The summed E-state index contributed by atoms with van der Waals surface area (Å²) in [6.07, 6.45) is 4.78. The third-order valence-corrected chi connectivity index (χ3v) is 4.33. The molecular weight excluding hydrogens is 226 g/mol. The zero-order chi connectivity index (χ0) is 13.0. The van der Waals surface area contributed by atoms with Crippen molar-refractivity contribution in [2.45, 2.75) is 38.6 Å². The Balaban J connectivity index is 1.78. The second kappa shape index (κ2) is 6.53. The Bertz CT molecular complexity index is 276.